The van der Waals surface area contributed by atoms with Gasteiger partial charge in [-0.05, 0) is 19.1 Å². The Morgan fingerprint density at radius 1 is 1.29 bits per heavy atom. The minimum Gasteiger partial charge on any atom is -0.481 e. The number of hydrogen-bond donors (Lipinski definition) is 3. The molecule has 0 aliphatic rings. The van der Waals surface area contributed by atoms with Crippen molar-refractivity contribution in [3.63, 3.8) is 0 Å². The van der Waals surface area contributed by atoms with E-state index in [0.29, 0.717) is 11.0 Å². The maximum absolute atomic E-state index is 12.1. The van der Waals surface area contributed by atoms with E-state index >= 15 is 0 Å². The normalized spacial score (nSPS) is 12.8. The van der Waals surface area contributed by atoms with E-state index in [4.69, 9.17) is 10.8 Å². The summed E-state index contributed by atoms with van der Waals surface area (Å²) in [6.07, 6.45) is -0.665. The number of amides is 1. The minimum atomic E-state index is -3.68. The summed E-state index contributed by atoms with van der Waals surface area (Å²) in [5.74, 6) is -1.86. The summed E-state index contributed by atoms with van der Waals surface area (Å²) in [5, 5.41) is 8.72. The Morgan fingerprint density at radius 2 is 1.86 bits per heavy atom. The Hall–Kier alpha value is -1.58. The van der Waals surface area contributed by atoms with Crippen molar-refractivity contribution in [3.8, 4) is 0 Å². The van der Waals surface area contributed by atoms with Crippen LogP contribution in [0.2, 0.25) is 0 Å². The molecule has 0 heterocycles. The van der Waals surface area contributed by atoms with E-state index in [1.165, 1.54) is 12.1 Å². The number of carbonyl (C=O) groups excluding carboxylic acids is 1. The molecule has 1 aromatic carbocycles. The molecule has 0 bridgehead atoms. The van der Waals surface area contributed by atoms with Crippen molar-refractivity contribution >= 4 is 31.7 Å². The SMILES string of the molecule is Cc1ccc(S(=O)(=O)SNC(CC(N)=O)CC(=O)O)cc1. The maximum Gasteiger partial charge on any atom is 0.304 e. The molecule has 0 aliphatic heterocycles. The number of hydrogen-bond acceptors (Lipinski definition) is 6. The summed E-state index contributed by atoms with van der Waals surface area (Å²) in [5.41, 5.74) is 5.93. The standard InChI is InChI=1S/C12H16N2O5S2/c1-8-2-4-10(5-3-8)21(18,19)20-14-9(6-11(13)15)7-12(16)17/h2-5,9,14H,6-7H2,1H3,(H2,13,15)(H,16,17). The van der Waals surface area contributed by atoms with Crippen molar-refractivity contribution in [1.29, 1.82) is 0 Å². The Bertz CT molecular complexity index is 597. The molecule has 0 spiro atoms. The Balaban J connectivity index is 2.75. The first-order chi connectivity index (χ1) is 9.70. The zero-order valence-electron chi connectivity index (χ0n) is 11.3. The first-order valence-corrected chi connectivity index (χ1v) is 8.78. The van der Waals surface area contributed by atoms with Gasteiger partial charge in [0.15, 0.2) is 0 Å². The van der Waals surface area contributed by atoms with Crippen molar-refractivity contribution in [2.24, 2.45) is 5.73 Å². The van der Waals surface area contributed by atoms with Gasteiger partial charge >= 0.3 is 5.97 Å². The van der Waals surface area contributed by atoms with Crippen LogP contribution in [0.5, 0.6) is 0 Å². The van der Waals surface area contributed by atoms with Crippen molar-refractivity contribution in [2.45, 2.75) is 30.7 Å². The van der Waals surface area contributed by atoms with Gasteiger partial charge in [0, 0.05) is 12.5 Å². The molecular formula is C12H16N2O5S2. The number of carbonyl (C=O) groups is 2. The summed E-state index contributed by atoms with van der Waals surface area (Å²) < 4.78 is 26.6. The number of carboxylic acids is 1. The fourth-order valence-electron chi connectivity index (χ4n) is 1.49. The molecule has 1 amide bonds. The third kappa shape index (κ3) is 6.15. The molecule has 0 saturated heterocycles. The third-order valence-electron chi connectivity index (χ3n) is 2.50. The van der Waals surface area contributed by atoms with Crippen molar-refractivity contribution in [3.05, 3.63) is 29.8 Å². The van der Waals surface area contributed by atoms with E-state index in [1.54, 1.807) is 12.1 Å². The lowest BCUT2D eigenvalue weighted by Crippen LogP contribution is -2.32. The molecule has 0 aromatic heterocycles. The van der Waals surface area contributed by atoms with Crippen LogP contribution in [0.25, 0.3) is 0 Å². The van der Waals surface area contributed by atoms with E-state index in [-0.39, 0.29) is 11.3 Å². The van der Waals surface area contributed by atoms with Gasteiger partial charge in [0.25, 0.3) is 0 Å². The number of primary amides is 1. The first-order valence-electron chi connectivity index (χ1n) is 5.96. The highest BCUT2D eigenvalue weighted by atomic mass is 33.1. The molecule has 1 atom stereocenters. The van der Waals surface area contributed by atoms with Crippen LogP contribution in [-0.2, 0) is 18.5 Å². The Morgan fingerprint density at radius 3 is 2.33 bits per heavy atom. The summed E-state index contributed by atoms with van der Waals surface area (Å²) in [7, 11) is -3.30. The molecular weight excluding hydrogens is 316 g/mol. The van der Waals surface area contributed by atoms with E-state index in [9.17, 15) is 18.0 Å². The molecule has 1 rings (SSSR count). The maximum atomic E-state index is 12.1. The topological polar surface area (TPSA) is 127 Å². The van der Waals surface area contributed by atoms with Crippen LogP contribution in [-0.4, -0.2) is 31.4 Å². The van der Waals surface area contributed by atoms with Crippen molar-refractivity contribution in [1.82, 2.24) is 4.72 Å². The highest BCUT2D eigenvalue weighted by Crippen LogP contribution is 2.22. The lowest BCUT2D eigenvalue weighted by molar-refractivity contribution is -0.137. The smallest absolute Gasteiger partial charge is 0.304 e. The van der Waals surface area contributed by atoms with E-state index < -0.39 is 33.2 Å². The van der Waals surface area contributed by atoms with Crippen LogP contribution in [0, 0.1) is 6.92 Å². The third-order valence-corrected chi connectivity index (χ3v) is 5.53. The van der Waals surface area contributed by atoms with Crippen LogP contribution < -0.4 is 10.5 Å². The molecule has 4 N–H and O–H groups in total. The van der Waals surface area contributed by atoms with Crippen LogP contribution in [0.4, 0.5) is 0 Å². The van der Waals surface area contributed by atoms with Crippen molar-refractivity contribution < 1.29 is 23.1 Å². The van der Waals surface area contributed by atoms with Crippen LogP contribution >= 0.6 is 11.0 Å². The van der Waals surface area contributed by atoms with Gasteiger partial charge in [-0.1, -0.05) is 17.7 Å². The quantitative estimate of drug-likeness (QED) is 0.471. The second-order valence-corrected chi connectivity index (χ2v) is 8.03. The summed E-state index contributed by atoms with van der Waals surface area (Å²) in [6, 6.07) is 5.38. The molecule has 0 aliphatic carbocycles. The fraction of sp³-hybridized carbons (Fsp3) is 0.333. The van der Waals surface area contributed by atoms with Gasteiger partial charge in [-0.3, -0.25) is 9.59 Å². The molecule has 0 saturated carbocycles. The van der Waals surface area contributed by atoms with Gasteiger partial charge in [0.1, 0.15) is 0 Å². The van der Waals surface area contributed by atoms with Gasteiger partial charge in [0.2, 0.25) is 14.8 Å². The number of nitrogens with two attached hydrogens (primary N) is 1. The van der Waals surface area contributed by atoms with Crippen LogP contribution in [0.15, 0.2) is 29.2 Å². The summed E-state index contributed by atoms with van der Waals surface area (Å²) >= 11 is 0. The highest BCUT2D eigenvalue weighted by Gasteiger charge is 2.21. The zero-order valence-corrected chi connectivity index (χ0v) is 12.9. The number of aliphatic carboxylic acids is 1. The molecule has 21 heavy (non-hydrogen) atoms. The van der Waals surface area contributed by atoms with Gasteiger partial charge in [-0.2, -0.15) is 0 Å². The summed E-state index contributed by atoms with van der Waals surface area (Å²) in [6.45, 7) is 1.83. The molecule has 0 fully saturated rings. The predicted octanol–water partition coefficient (Wildman–Crippen LogP) is 0.640. The monoisotopic (exact) mass is 332 g/mol. The number of aryl methyl sites for hydroxylation is 1. The largest absolute Gasteiger partial charge is 0.481 e. The number of benzene rings is 1. The van der Waals surface area contributed by atoms with E-state index in [1.807, 2.05) is 6.92 Å². The molecule has 1 unspecified atom stereocenters. The molecule has 7 nitrogen and oxygen atoms in total. The predicted molar refractivity (Wildman–Crippen MR) is 78.9 cm³/mol. The zero-order chi connectivity index (χ0) is 16.0. The Kier molecular flexibility index (Phi) is 6.19. The number of carboxylic acid groups (broad SMARTS) is 1. The van der Waals surface area contributed by atoms with Gasteiger partial charge in [-0.25, -0.2) is 13.1 Å². The highest BCUT2D eigenvalue weighted by molar-refractivity contribution is 8.71. The minimum absolute atomic E-state index is 0.0961. The second kappa shape index (κ2) is 7.43. The fourth-order valence-corrected chi connectivity index (χ4v) is 3.90. The Labute approximate surface area is 126 Å². The molecule has 0 radical (unpaired) electrons. The lowest BCUT2D eigenvalue weighted by Gasteiger charge is -2.14. The lowest BCUT2D eigenvalue weighted by atomic mass is 10.1. The average Bonchev–Trinajstić information content (AvgIpc) is 2.35. The summed E-state index contributed by atoms with van der Waals surface area (Å²) in [4.78, 5) is 21.6. The van der Waals surface area contributed by atoms with Gasteiger partial charge in [0.05, 0.1) is 22.3 Å². The van der Waals surface area contributed by atoms with Crippen molar-refractivity contribution in [2.75, 3.05) is 0 Å². The average molecular weight is 332 g/mol. The van der Waals surface area contributed by atoms with E-state index in [2.05, 4.69) is 4.72 Å². The van der Waals surface area contributed by atoms with Gasteiger partial charge in [-0.15, -0.1) is 0 Å². The van der Waals surface area contributed by atoms with Gasteiger partial charge < -0.3 is 10.8 Å². The molecule has 1 aromatic rings. The first kappa shape index (κ1) is 17.5. The molecule has 116 valence electrons. The number of rotatable bonds is 8. The number of nitrogens with one attached hydrogen (secondary N) is 1. The van der Waals surface area contributed by atoms with Crippen LogP contribution in [0.3, 0.4) is 0 Å². The second-order valence-electron chi connectivity index (χ2n) is 4.43. The van der Waals surface area contributed by atoms with E-state index in [0.717, 1.165) is 5.56 Å². The molecule has 9 heteroatoms. The van der Waals surface area contributed by atoms with Crippen LogP contribution in [0.1, 0.15) is 18.4 Å².